The number of nitrogens with two attached hydrogens (primary N) is 1. The van der Waals surface area contributed by atoms with Gasteiger partial charge in [-0.15, -0.1) is 0 Å². The minimum absolute atomic E-state index is 0.0657. The first kappa shape index (κ1) is 19.5. The predicted molar refractivity (Wildman–Crippen MR) is 100 cm³/mol. The number of primary amides is 1. The molecule has 0 spiro atoms. The molecule has 1 unspecified atom stereocenters. The van der Waals surface area contributed by atoms with Crippen LogP contribution in [0.15, 0.2) is 18.2 Å². The second-order valence-corrected chi connectivity index (χ2v) is 7.73. The van der Waals surface area contributed by atoms with Crippen molar-refractivity contribution in [2.75, 3.05) is 20.8 Å². The highest BCUT2D eigenvalue weighted by atomic mass is 16.5. The summed E-state index contributed by atoms with van der Waals surface area (Å²) >= 11 is 0. The van der Waals surface area contributed by atoms with Crippen molar-refractivity contribution >= 4 is 5.91 Å². The number of amides is 1. The highest BCUT2D eigenvalue weighted by Gasteiger charge is 2.46. The van der Waals surface area contributed by atoms with Gasteiger partial charge in [0.25, 0.3) is 0 Å². The van der Waals surface area contributed by atoms with E-state index >= 15 is 0 Å². The zero-order valence-corrected chi connectivity index (χ0v) is 16.1. The maximum Gasteiger partial charge on any atom is 0.220 e. The topological polar surface area (TPSA) is 94.6 Å². The van der Waals surface area contributed by atoms with E-state index in [1.165, 1.54) is 12.8 Å². The van der Waals surface area contributed by atoms with E-state index in [0.29, 0.717) is 43.3 Å². The van der Waals surface area contributed by atoms with Crippen LogP contribution in [0.3, 0.4) is 0 Å². The molecular weight excluding hydrogens is 344 g/mol. The van der Waals surface area contributed by atoms with Gasteiger partial charge in [-0.2, -0.15) is 5.26 Å². The van der Waals surface area contributed by atoms with Crippen molar-refractivity contribution in [3.8, 4) is 17.6 Å². The highest BCUT2D eigenvalue weighted by molar-refractivity contribution is 5.75. The Labute approximate surface area is 160 Å². The van der Waals surface area contributed by atoms with Crippen molar-refractivity contribution in [3.63, 3.8) is 0 Å². The summed E-state index contributed by atoms with van der Waals surface area (Å²) < 4.78 is 17.3. The molecule has 2 N–H and O–H groups in total. The lowest BCUT2D eigenvalue weighted by Crippen LogP contribution is -2.46. The molecule has 0 aromatic heterocycles. The Hall–Kier alpha value is -2.26. The van der Waals surface area contributed by atoms with Gasteiger partial charge in [-0.25, -0.2) is 0 Å². The van der Waals surface area contributed by atoms with Crippen molar-refractivity contribution in [2.24, 2.45) is 17.6 Å². The molecule has 0 aliphatic heterocycles. The Bertz CT molecular complexity index is 725. The van der Waals surface area contributed by atoms with Crippen molar-refractivity contribution in [1.82, 2.24) is 0 Å². The average molecular weight is 372 g/mol. The number of hydrogen-bond acceptors (Lipinski definition) is 5. The maximum absolute atomic E-state index is 11.7. The van der Waals surface area contributed by atoms with Gasteiger partial charge < -0.3 is 19.9 Å². The molecular formula is C21H28N2O4. The molecule has 6 nitrogen and oxygen atoms in total. The van der Waals surface area contributed by atoms with Gasteiger partial charge in [0, 0.05) is 18.9 Å². The number of nitrogens with zero attached hydrogens (tertiary/aromatic N) is 1. The fourth-order valence-corrected chi connectivity index (χ4v) is 4.10. The summed E-state index contributed by atoms with van der Waals surface area (Å²) in [6, 6.07) is 8.21. The Balaban J connectivity index is 1.94. The van der Waals surface area contributed by atoms with Crippen molar-refractivity contribution in [2.45, 2.75) is 50.0 Å². The summed E-state index contributed by atoms with van der Waals surface area (Å²) in [5.74, 6) is 1.45. The van der Waals surface area contributed by atoms with Crippen LogP contribution in [0.25, 0.3) is 0 Å². The molecule has 27 heavy (non-hydrogen) atoms. The summed E-state index contributed by atoms with van der Waals surface area (Å²) in [5, 5.41) is 9.44. The van der Waals surface area contributed by atoms with Gasteiger partial charge in [-0.1, -0.05) is 6.07 Å². The van der Waals surface area contributed by atoms with Gasteiger partial charge in [-0.05, 0) is 55.7 Å². The fraction of sp³-hybridized carbons (Fsp3) is 0.619. The first-order chi connectivity index (χ1) is 13.0. The minimum atomic E-state index is -0.693. The smallest absolute Gasteiger partial charge is 0.220 e. The van der Waals surface area contributed by atoms with Gasteiger partial charge >= 0.3 is 0 Å². The molecule has 3 rings (SSSR count). The van der Waals surface area contributed by atoms with Crippen molar-refractivity contribution < 1.29 is 19.0 Å². The van der Waals surface area contributed by atoms with Crippen LogP contribution >= 0.6 is 0 Å². The van der Waals surface area contributed by atoms with Crippen LogP contribution in [-0.4, -0.2) is 32.3 Å². The van der Waals surface area contributed by atoms with Gasteiger partial charge in [-0.3, -0.25) is 4.79 Å². The van der Waals surface area contributed by atoms with Crippen LogP contribution in [0, 0.1) is 23.2 Å². The molecule has 2 saturated carbocycles. The van der Waals surface area contributed by atoms with E-state index < -0.39 is 11.5 Å². The van der Waals surface area contributed by atoms with Crippen LogP contribution in [0.4, 0.5) is 0 Å². The summed E-state index contributed by atoms with van der Waals surface area (Å²) in [5.41, 5.74) is 5.82. The van der Waals surface area contributed by atoms with Crippen LogP contribution in [0.1, 0.15) is 50.0 Å². The standard InChI is InChI=1S/C21H28N2O4/c1-25-18-6-5-16(10-19(18)27-13-14-3-4-14)17-9-15(12-22)7-8-21(17,26-2)11-20(23)24/h5-6,10,14-15,17H,3-4,7-9,11,13H2,1-2H3,(H2,23,24)/t15-,17-,21?/m1/s1. The third-order valence-electron chi connectivity index (χ3n) is 5.90. The largest absolute Gasteiger partial charge is 0.493 e. The summed E-state index contributed by atoms with van der Waals surface area (Å²) in [6.07, 6.45) is 4.51. The summed E-state index contributed by atoms with van der Waals surface area (Å²) in [6.45, 7) is 0.683. The molecule has 1 amide bonds. The van der Waals surface area contributed by atoms with E-state index in [0.717, 1.165) is 5.56 Å². The molecule has 6 heteroatoms. The zero-order chi connectivity index (χ0) is 19.4. The van der Waals surface area contributed by atoms with Crippen LogP contribution in [-0.2, 0) is 9.53 Å². The third-order valence-corrected chi connectivity index (χ3v) is 5.90. The van der Waals surface area contributed by atoms with E-state index in [-0.39, 0.29) is 18.3 Å². The Morgan fingerprint density at radius 2 is 2.07 bits per heavy atom. The average Bonchev–Trinajstić information content (AvgIpc) is 3.50. The minimum Gasteiger partial charge on any atom is -0.493 e. The van der Waals surface area contributed by atoms with E-state index in [4.69, 9.17) is 19.9 Å². The Kier molecular flexibility index (Phi) is 5.91. The van der Waals surface area contributed by atoms with E-state index in [9.17, 15) is 10.1 Å². The van der Waals surface area contributed by atoms with Crippen molar-refractivity contribution in [3.05, 3.63) is 23.8 Å². The van der Waals surface area contributed by atoms with E-state index in [1.807, 2.05) is 18.2 Å². The number of carbonyl (C=O) groups excluding carboxylic acids is 1. The third kappa shape index (κ3) is 4.36. The summed E-state index contributed by atoms with van der Waals surface area (Å²) in [4.78, 5) is 11.7. The fourth-order valence-electron chi connectivity index (χ4n) is 4.10. The number of ether oxygens (including phenoxy) is 3. The molecule has 2 fully saturated rings. The number of carbonyl (C=O) groups is 1. The van der Waals surface area contributed by atoms with Crippen molar-refractivity contribution in [1.29, 1.82) is 5.26 Å². The molecule has 146 valence electrons. The molecule has 2 aliphatic rings. The van der Waals surface area contributed by atoms with E-state index in [2.05, 4.69) is 6.07 Å². The Morgan fingerprint density at radius 3 is 2.67 bits per heavy atom. The highest BCUT2D eigenvalue weighted by Crippen LogP contribution is 2.48. The number of nitriles is 1. The van der Waals surface area contributed by atoms with Crippen LogP contribution < -0.4 is 15.2 Å². The van der Waals surface area contributed by atoms with Gasteiger partial charge in [0.05, 0.1) is 31.8 Å². The van der Waals surface area contributed by atoms with Gasteiger partial charge in [0.15, 0.2) is 11.5 Å². The summed E-state index contributed by atoms with van der Waals surface area (Å²) in [7, 11) is 3.24. The van der Waals surface area contributed by atoms with Gasteiger partial charge in [0.1, 0.15) is 0 Å². The number of methoxy groups -OCH3 is 2. The zero-order valence-electron chi connectivity index (χ0n) is 16.1. The molecule has 1 aromatic carbocycles. The predicted octanol–water partition coefficient (Wildman–Crippen LogP) is 3.15. The molecule has 3 atom stereocenters. The number of hydrogen-bond donors (Lipinski definition) is 1. The SMILES string of the molecule is COc1ccc([C@H]2C[C@H](C#N)CCC2(CC(N)=O)OC)cc1OCC1CC1. The quantitative estimate of drug-likeness (QED) is 0.756. The molecule has 0 heterocycles. The lowest BCUT2D eigenvalue weighted by atomic mass is 9.67. The lowest BCUT2D eigenvalue weighted by molar-refractivity contribution is -0.129. The number of rotatable bonds is 8. The van der Waals surface area contributed by atoms with Crippen LogP contribution in [0.5, 0.6) is 11.5 Å². The maximum atomic E-state index is 11.7. The molecule has 0 saturated heterocycles. The lowest BCUT2D eigenvalue weighted by Gasteiger charge is -2.44. The monoisotopic (exact) mass is 372 g/mol. The Morgan fingerprint density at radius 1 is 1.30 bits per heavy atom. The number of benzene rings is 1. The molecule has 0 radical (unpaired) electrons. The first-order valence-electron chi connectivity index (χ1n) is 9.55. The molecule has 2 aliphatic carbocycles. The second-order valence-electron chi connectivity index (χ2n) is 7.73. The van der Waals surface area contributed by atoms with Gasteiger partial charge in [0.2, 0.25) is 5.91 Å². The van der Waals surface area contributed by atoms with E-state index in [1.54, 1.807) is 14.2 Å². The first-order valence-corrected chi connectivity index (χ1v) is 9.55. The second kappa shape index (κ2) is 8.18. The van der Waals surface area contributed by atoms with Crippen LogP contribution in [0.2, 0.25) is 0 Å². The normalized spacial score (nSPS) is 27.6. The molecule has 1 aromatic rings. The molecule has 0 bridgehead atoms.